The number of rotatable bonds is 6. The fourth-order valence-electron chi connectivity index (χ4n) is 5.59. The minimum absolute atomic E-state index is 0.0497. The molecule has 0 aliphatic heterocycles. The van der Waals surface area contributed by atoms with E-state index in [0.29, 0.717) is 11.5 Å². The first-order chi connectivity index (χ1) is 17.6. The third-order valence-electron chi connectivity index (χ3n) is 7.84. The van der Waals surface area contributed by atoms with E-state index in [0.717, 1.165) is 42.4 Å². The third kappa shape index (κ3) is 5.20. The predicted molar refractivity (Wildman–Crippen MR) is 125 cm³/mol. The lowest BCUT2D eigenvalue weighted by Gasteiger charge is -2.38. The predicted octanol–water partition coefficient (Wildman–Crippen LogP) is 9.25. The van der Waals surface area contributed by atoms with E-state index < -0.39 is 46.5 Å². The molecule has 0 bridgehead atoms. The molecule has 0 N–H and O–H groups in total. The van der Waals surface area contributed by atoms with Gasteiger partial charge in [0.15, 0.2) is 17.5 Å². The van der Waals surface area contributed by atoms with Crippen LogP contribution in [-0.4, -0.2) is 0 Å². The van der Waals surface area contributed by atoms with Crippen LogP contribution in [0, 0.1) is 40.9 Å². The molecule has 2 saturated carbocycles. The highest BCUT2D eigenvalue weighted by molar-refractivity contribution is 5.64. The van der Waals surface area contributed by atoms with Crippen LogP contribution in [0.15, 0.2) is 48.5 Å². The molecule has 0 aromatic heterocycles. The lowest BCUT2D eigenvalue weighted by Crippen LogP contribution is -2.25. The van der Waals surface area contributed by atoms with Gasteiger partial charge in [-0.05, 0) is 72.3 Å². The van der Waals surface area contributed by atoms with Gasteiger partial charge in [-0.15, -0.1) is 0 Å². The first kappa shape index (κ1) is 25.6. The summed E-state index contributed by atoms with van der Waals surface area (Å²) in [4.78, 5) is 0. The van der Waals surface area contributed by atoms with E-state index in [-0.39, 0.29) is 17.7 Å². The van der Waals surface area contributed by atoms with E-state index in [9.17, 15) is 30.7 Å². The van der Waals surface area contributed by atoms with Gasteiger partial charge >= 0.3 is 6.11 Å². The molecule has 5 rings (SSSR count). The van der Waals surface area contributed by atoms with E-state index in [1.54, 1.807) is 12.1 Å². The van der Waals surface area contributed by atoms with Crippen LogP contribution in [0.2, 0.25) is 0 Å². The molecule has 0 spiro atoms. The summed E-state index contributed by atoms with van der Waals surface area (Å²) < 4.78 is 103. The van der Waals surface area contributed by atoms with Crippen molar-refractivity contribution in [3.05, 3.63) is 88.7 Å². The second-order valence-corrected chi connectivity index (χ2v) is 10.1. The quantitative estimate of drug-likeness (QED) is 0.232. The molecule has 1 nitrogen and oxygen atoms in total. The Balaban J connectivity index is 1.31. The number of halogens is 7. The molecule has 3 aromatic carbocycles. The Kier molecular flexibility index (Phi) is 6.94. The maximum Gasteiger partial charge on any atom is 0.432 e. The zero-order chi connectivity index (χ0) is 26.3. The maximum absolute atomic E-state index is 14.7. The summed E-state index contributed by atoms with van der Waals surface area (Å²) in [5.74, 6) is -7.63. The maximum atomic E-state index is 14.7. The third-order valence-corrected chi connectivity index (χ3v) is 7.84. The van der Waals surface area contributed by atoms with Crippen LogP contribution < -0.4 is 4.74 Å². The monoisotopic (exact) mass is 522 g/mol. The zero-order valence-corrected chi connectivity index (χ0v) is 19.9. The second kappa shape index (κ2) is 10.0. The fourth-order valence-corrected chi connectivity index (χ4v) is 5.59. The summed E-state index contributed by atoms with van der Waals surface area (Å²) in [6.07, 6.45) is 4.04. The summed E-state index contributed by atoms with van der Waals surface area (Å²) in [7, 11) is 0. The standard InChI is InChI=1S/C29H25F7O/c30-23-12-21(13-24(31)27(23)29(35,36)37-22-14-25(32)28(34)26(33)15-22)20-10-8-19(9-11-20)18-6-4-17(5-7-18)16-2-1-3-16/h8-18H,1-7H2. The summed E-state index contributed by atoms with van der Waals surface area (Å²) in [5.41, 5.74) is -0.0786. The fraction of sp³-hybridized carbons (Fsp3) is 0.379. The Morgan fingerprint density at radius 2 is 1.16 bits per heavy atom. The number of alkyl halides is 2. The molecule has 0 saturated heterocycles. The lowest BCUT2D eigenvalue weighted by molar-refractivity contribution is -0.189. The Hall–Kier alpha value is -3.03. The molecule has 2 aliphatic rings. The van der Waals surface area contributed by atoms with Crippen molar-refractivity contribution < 1.29 is 35.5 Å². The van der Waals surface area contributed by atoms with Gasteiger partial charge in [0.05, 0.1) is 0 Å². The van der Waals surface area contributed by atoms with E-state index in [1.165, 1.54) is 32.1 Å². The normalized spacial score (nSPS) is 20.5. The molecule has 0 amide bonds. The van der Waals surface area contributed by atoms with Crippen LogP contribution in [0.1, 0.15) is 62.0 Å². The van der Waals surface area contributed by atoms with Crippen molar-refractivity contribution in [2.45, 2.75) is 57.0 Å². The number of hydrogen-bond donors (Lipinski definition) is 0. The van der Waals surface area contributed by atoms with Crippen molar-refractivity contribution in [1.82, 2.24) is 0 Å². The highest BCUT2D eigenvalue weighted by Crippen LogP contribution is 2.45. The zero-order valence-electron chi connectivity index (χ0n) is 19.9. The van der Waals surface area contributed by atoms with E-state index in [2.05, 4.69) is 4.74 Å². The Morgan fingerprint density at radius 1 is 0.622 bits per heavy atom. The molecular weight excluding hydrogens is 497 g/mol. The van der Waals surface area contributed by atoms with Crippen molar-refractivity contribution in [2.24, 2.45) is 11.8 Å². The van der Waals surface area contributed by atoms with Crippen LogP contribution >= 0.6 is 0 Å². The molecule has 196 valence electrons. The highest BCUT2D eigenvalue weighted by Gasteiger charge is 2.41. The summed E-state index contributed by atoms with van der Waals surface area (Å²) >= 11 is 0. The van der Waals surface area contributed by atoms with Crippen molar-refractivity contribution in [2.75, 3.05) is 0 Å². The lowest BCUT2D eigenvalue weighted by atomic mass is 9.67. The SMILES string of the molecule is Fc1cc(OC(F)(F)c2c(F)cc(-c3ccc(C4CCC(C5CCC5)CC4)cc3)cc2F)cc(F)c1F. The van der Waals surface area contributed by atoms with Gasteiger partial charge in [-0.3, -0.25) is 0 Å². The van der Waals surface area contributed by atoms with Gasteiger partial charge in [0.25, 0.3) is 0 Å². The molecule has 2 fully saturated rings. The molecule has 8 heteroatoms. The Bertz CT molecular complexity index is 1230. The molecule has 3 aromatic rings. The van der Waals surface area contributed by atoms with Crippen molar-refractivity contribution in [3.63, 3.8) is 0 Å². The van der Waals surface area contributed by atoms with Crippen LogP contribution in [0.5, 0.6) is 5.75 Å². The molecule has 0 unspecified atom stereocenters. The average Bonchev–Trinajstić information content (AvgIpc) is 2.81. The minimum Gasteiger partial charge on any atom is -0.429 e. The van der Waals surface area contributed by atoms with Crippen molar-refractivity contribution in [3.8, 4) is 16.9 Å². The largest absolute Gasteiger partial charge is 0.432 e. The smallest absolute Gasteiger partial charge is 0.429 e. The van der Waals surface area contributed by atoms with Gasteiger partial charge in [-0.2, -0.15) is 8.78 Å². The summed E-state index contributed by atoms with van der Waals surface area (Å²) in [6.45, 7) is 0. The first-order valence-electron chi connectivity index (χ1n) is 12.4. The molecule has 0 atom stereocenters. The molecular formula is C29H25F7O. The minimum atomic E-state index is -4.62. The number of ether oxygens (including phenoxy) is 1. The Labute approximate surface area is 210 Å². The van der Waals surface area contributed by atoms with Gasteiger partial charge in [-0.1, -0.05) is 43.5 Å². The number of hydrogen-bond acceptors (Lipinski definition) is 1. The van der Waals surface area contributed by atoms with Crippen LogP contribution in [0.4, 0.5) is 30.7 Å². The van der Waals surface area contributed by atoms with Crippen molar-refractivity contribution >= 4 is 0 Å². The second-order valence-electron chi connectivity index (χ2n) is 10.1. The van der Waals surface area contributed by atoms with Crippen molar-refractivity contribution in [1.29, 1.82) is 0 Å². The van der Waals surface area contributed by atoms with Crippen LogP contribution in [-0.2, 0) is 6.11 Å². The van der Waals surface area contributed by atoms with E-state index in [1.807, 2.05) is 12.1 Å². The van der Waals surface area contributed by atoms with Crippen LogP contribution in [0.25, 0.3) is 11.1 Å². The van der Waals surface area contributed by atoms with Crippen LogP contribution in [0.3, 0.4) is 0 Å². The molecule has 0 radical (unpaired) electrons. The first-order valence-corrected chi connectivity index (χ1v) is 12.4. The Morgan fingerprint density at radius 3 is 1.68 bits per heavy atom. The molecule has 2 aliphatic carbocycles. The summed E-state index contributed by atoms with van der Waals surface area (Å²) in [5, 5.41) is 0. The number of benzene rings is 3. The van der Waals surface area contributed by atoms with Gasteiger partial charge in [0.1, 0.15) is 22.9 Å². The highest BCUT2D eigenvalue weighted by atomic mass is 19.3. The molecule has 37 heavy (non-hydrogen) atoms. The van der Waals surface area contributed by atoms with Gasteiger partial charge < -0.3 is 4.74 Å². The van der Waals surface area contributed by atoms with E-state index in [4.69, 9.17) is 0 Å². The average molecular weight is 523 g/mol. The van der Waals surface area contributed by atoms with Gasteiger partial charge in [0, 0.05) is 12.1 Å². The molecule has 0 heterocycles. The topological polar surface area (TPSA) is 9.23 Å². The summed E-state index contributed by atoms with van der Waals surface area (Å²) in [6, 6.07) is 9.06. The van der Waals surface area contributed by atoms with E-state index >= 15 is 0 Å². The van der Waals surface area contributed by atoms with Gasteiger partial charge in [0.2, 0.25) is 0 Å². The van der Waals surface area contributed by atoms with Gasteiger partial charge in [-0.25, -0.2) is 22.0 Å².